The van der Waals surface area contributed by atoms with Crippen LogP contribution < -0.4 is 0 Å². The number of rotatable bonds is 2. The maximum Gasteiger partial charge on any atom is 2.00 e. The first kappa shape index (κ1) is 17.1. The van der Waals surface area contributed by atoms with Crippen LogP contribution in [-0.4, -0.2) is 76.7 Å². The van der Waals surface area contributed by atoms with Crippen molar-refractivity contribution in [3.05, 3.63) is 0 Å². The Hall–Kier alpha value is 0.861. The van der Waals surface area contributed by atoms with Crippen LogP contribution in [0, 0.1) is 0 Å². The van der Waals surface area contributed by atoms with E-state index in [-0.39, 0.29) is 48.9 Å². The molecule has 54 valence electrons. The normalized spacial score (nSPS) is 6.30. The van der Waals surface area contributed by atoms with Gasteiger partial charge in [-0.05, 0) is 0 Å². The molecule has 0 heterocycles. The van der Waals surface area contributed by atoms with E-state index in [4.69, 9.17) is 24.5 Å². The Balaban J connectivity index is -0.000000107. The van der Waals surface area contributed by atoms with Crippen molar-refractivity contribution in [2.24, 2.45) is 0 Å². The van der Waals surface area contributed by atoms with Gasteiger partial charge in [-0.2, -0.15) is 0 Å². The third kappa shape index (κ3) is 36.7. The van der Waals surface area contributed by atoms with Gasteiger partial charge in [0.05, 0.1) is 0 Å². The molecule has 10 heavy (non-hydrogen) atoms. The van der Waals surface area contributed by atoms with Gasteiger partial charge in [0.15, 0.2) is 0 Å². The zero-order valence-electron chi connectivity index (χ0n) is 4.72. The molecule has 0 aliphatic rings. The molecule has 0 radical (unpaired) electrons. The van der Waals surface area contributed by atoms with E-state index in [2.05, 4.69) is 4.52 Å². The fraction of sp³-hybridized carbons (Fsp3) is 0. The molecule has 0 aromatic carbocycles. The summed E-state index contributed by atoms with van der Waals surface area (Å²) in [5, 5.41) is 6.76. The second kappa shape index (κ2) is 16.4. The van der Waals surface area contributed by atoms with Gasteiger partial charge in [-0.3, -0.25) is 0 Å². The minimum absolute atomic E-state index is 0. The summed E-state index contributed by atoms with van der Waals surface area (Å²) in [6, 6.07) is 0. The van der Waals surface area contributed by atoms with E-state index in [0.29, 0.717) is 6.47 Å². The summed E-state index contributed by atoms with van der Waals surface area (Å²) in [7, 11) is -2.52. The average Bonchev–Trinajstić information content (AvgIpc) is 1.67. The smallest absolute Gasteiger partial charge is 0.665 e. The van der Waals surface area contributed by atoms with Crippen molar-refractivity contribution in [3.8, 4) is 0 Å². The quantitative estimate of drug-likeness (QED) is 0.325. The van der Waals surface area contributed by atoms with Crippen molar-refractivity contribution in [2.45, 2.75) is 0 Å². The monoisotopic (exact) mass is 292 g/mol. The van der Waals surface area contributed by atoms with Gasteiger partial charge in [0.25, 0.3) is 0 Å². The van der Waals surface area contributed by atoms with E-state index in [0.717, 1.165) is 6.47 Å². The Morgan fingerprint density at radius 3 is 1.60 bits per heavy atom. The van der Waals surface area contributed by atoms with Crippen LogP contribution in [0.3, 0.4) is 0 Å². The molecule has 0 atom stereocenters. The molecular weight excluding hydrogens is 288 g/mol. The average molecular weight is 291 g/mol. The van der Waals surface area contributed by atoms with Crippen LogP contribution in [-0.2, 0) is 14.1 Å². The molecule has 0 unspecified atom stereocenters. The number of aliphatic hydroxyl groups excluding tert-OH is 1. The van der Waals surface area contributed by atoms with Gasteiger partial charge in [0, 0.05) is 0 Å². The van der Waals surface area contributed by atoms with Gasteiger partial charge < -0.3 is 29.0 Å². The first-order valence-electron chi connectivity index (χ1n) is 1.42. The predicted octanol–water partition coefficient (Wildman–Crippen LogP) is -1.49. The Kier molecular flexibility index (Phi) is 28.1. The molecule has 0 rings (SSSR count). The molecular formula is C2H3BaO6P. The van der Waals surface area contributed by atoms with Crippen LogP contribution in [0.25, 0.3) is 0 Å². The molecule has 0 amide bonds. The zero-order chi connectivity index (χ0) is 7.70. The summed E-state index contributed by atoms with van der Waals surface area (Å²) in [6.45, 7) is 1.35. The Labute approximate surface area is 98.3 Å². The van der Waals surface area contributed by atoms with Crippen LogP contribution in [0.2, 0.25) is 0 Å². The number of hydrogen-bond donors (Lipinski definition) is 3. The molecule has 0 aliphatic heterocycles. The maximum atomic E-state index is 8.96. The van der Waals surface area contributed by atoms with E-state index in [9.17, 15) is 0 Å². The van der Waals surface area contributed by atoms with Gasteiger partial charge in [-0.15, -0.1) is 0 Å². The molecule has 0 aliphatic carbocycles. The summed E-state index contributed by atoms with van der Waals surface area (Å²) in [6.07, 6.45) is 0. The van der Waals surface area contributed by atoms with Crippen LogP contribution >= 0.6 is 8.60 Å². The van der Waals surface area contributed by atoms with Gasteiger partial charge in [0.1, 0.15) is 0 Å². The summed E-state index contributed by atoms with van der Waals surface area (Å²) in [5.41, 5.74) is 0. The largest absolute Gasteiger partial charge is 2.00 e. The Morgan fingerprint density at radius 1 is 1.30 bits per heavy atom. The number of carbonyl (C=O) groups excluding carboxylic acids is 1. The van der Waals surface area contributed by atoms with Crippen LogP contribution in [0.4, 0.5) is 0 Å². The van der Waals surface area contributed by atoms with Crippen molar-refractivity contribution in [1.82, 2.24) is 0 Å². The molecule has 6 nitrogen and oxygen atoms in total. The third-order valence-electron chi connectivity index (χ3n) is 0.119. The molecule has 0 spiro atoms. The minimum Gasteiger partial charge on any atom is -0.665 e. The SMILES string of the molecule is O=[C-]O.O=[C-]OP(O)O.[Ba+2]. The minimum atomic E-state index is -2.52. The first-order valence-corrected chi connectivity index (χ1v) is 2.58. The predicted molar refractivity (Wildman–Crippen MR) is 32.2 cm³/mol. The van der Waals surface area contributed by atoms with Crippen molar-refractivity contribution in [1.29, 1.82) is 0 Å². The summed E-state index contributed by atoms with van der Waals surface area (Å²) in [5.74, 6) is 0. The van der Waals surface area contributed by atoms with E-state index in [1.54, 1.807) is 0 Å². The van der Waals surface area contributed by atoms with Gasteiger partial charge >= 0.3 is 57.5 Å². The second-order valence-corrected chi connectivity index (χ2v) is 1.21. The fourth-order valence-electron chi connectivity index (χ4n) is 0.0333. The van der Waals surface area contributed by atoms with E-state index < -0.39 is 8.60 Å². The first-order chi connectivity index (χ1) is 4.18. The summed E-state index contributed by atoms with van der Waals surface area (Å²) >= 11 is 0. The van der Waals surface area contributed by atoms with Crippen molar-refractivity contribution in [2.75, 3.05) is 0 Å². The van der Waals surface area contributed by atoms with Crippen molar-refractivity contribution >= 4 is 70.4 Å². The van der Waals surface area contributed by atoms with Crippen LogP contribution in [0.1, 0.15) is 0 Å². The summed E-state index contributed by atoms with van der Waals surface area (Å²) < 4.78 is 3.41. The van der Waals surface area contributed by atoms with Crippen molar-refractivity contribution in [3.63, 3.8) is 0 Å². The molecule has 0 saturated heterocycles. The summed E-state index contributed by atoms with van der Waals surface area (Å²) in [4.78, 5) is 32.6. The van der Waals surface area contributed by atoms with Gasteiger partial charge in [-0.1, -0.05) is 12.9 Å². The fourth-order valence-corrected chi connectivity index (χ4v) is 0.100. The van der Waals surface area contributed by atoms with E-state index in [1.165, 1.54) is 0 Å². The zero-order valence-corrected chi connectivity index (χ0v) is 10.1. The van der Waals surface area contributed by atoms with Gasteiger partial charge in [0.2, 0.25) is 0 Å². The maximum absolute atomic E-state index is 8.96. The molecule has 0 aromatic heterocycles. The molecule has 0 bridgehead atoms. The van der Waals surface area contributed by atoms with Crippen molar-refractivity contribution < 1.29 is 29.0 Å². The Morgan fingerprint density at radius 2 is 1.60 bits per heavy atom. The number of hydrogen-bond acceptors (Lipinski definition) is 5. The van der Waals surface area contributed by atoms with E-state index >= 15 is 0 Å². The van der Waals surface area contributed by atoms with Crippen LogP contribution in [0.15, 0.2) is 0 Å². The van der Waals surface area contributed by atoms with E-state index in [1.807, 2.05) is 0 Å². The molecule has 0 saturated carbocycles. The molecule has 8 heteroatoms. The topological polar surface area (TPSA) is 104 Å². The Bertz CT molecular complexity index is 76.1. The standard InChI is InChI=1S/CH2O4P.CHO2.Ba/c2-1-5-6(3)4;2-1-3;/h3-4H;(H,2,3);/q2*-1;+2. The third-order valence-corrected chi connectivity index (χ3v) is 0.357. The van der Waals surface area contributed by atoms with Gasteiger partial charge in [-0.25, -0.2) is 0 Å². The second-order valence-electron chi connectivity index (χ2n) is 0.519. The molecule has 3 N–H and O–H groups in total. The van der Waals surface area contributed by atoms with Crippen LogP contribution in [0.5, 0.6) is 0 Å². The molecule has 0 aromatic rings. The molecule has 0 fully saturated rings.